The second-order valence-electron chi connectivity index (χ2n) is 13.4. The fourth-order valence-corrected chi connectivity index (χ4v) is 8.34. The number of aromatic nitrogens is 1. The fourth-order valence-electron chi connectivity index (χ4n) is 8.34. The molecule has 0 amide bonds. The SMILES string of the molecule is CC1(C)c2ccccc2-c2cc(N(c3ccc(-c4ccccc4)cc3)c3ccc4c5ccccc5n5c6ccccc6c3c45)ccc21. The first-order valence-corrected chi connectivity index (χ1v) is 16.5. The molecule has 0 aliphatic heterocycles. The number of nitrogens with zero attached hydrogens (tertiary/aromatic N) is 2. The fraction of sp³-hybridized carbons (Fsp3) is 0.0667. The van der Waals surface area contributed by atoms with Gasteiger partial charge >= 0.3 is 0 Å². The largest absolute Gasteiger partial charge is 0.310 e. The van der Waals surface area contributed by atoms with Gasteiger partial charge in [0.1, 0.15) is 0 Å². The van der Waals surface area contributed by atoms with Crippen molar-refractivity contribution in [2.75, 3.05) is 4.90 Å². The minimum Gasteiger partial charge on any atom is -0.310 e. The average Bonchev–Trinajstić information content (AvgIpc) is 3.72. The molecule has 0 fully saturated rings. The van der Waals surface area contributed by atoms with Crippen LogP contribution in [0, 0.1) is 0 Å². The standard InChI is InChI=1S/C45H32N2/c1-45(2)38-17-9-6-14-33(38)37-28-32(24-26-39(37)45)46(31-22-20-30(21-23-31)29-12-4-3-5-13-29)42-27-25-35-34-15-7-10-18-40(34)47-41-19-11-8-16-36(41)43(42)44(35)47/h3-28H,1-2H3. The second kappa shape index (κ2) is 9.57. The van der Waals surface area contributed by atoms with Gasteiger partial charge in [-0.05, 0) is 75.8 Å². The van der Waals surface area contributed by atoms with Crippen LogP contribution < -0.4 is 4.90 Å². The van der Waals surface area contributed by atoms with Gasteiger partial charge in [0.05, 0.1) is 22.2 Å². The Bertz CT molecular complexity index is 2640. The molecule has 0 bridgehead atoms. The lowest BCUT2D eigenvalue weighted by atomic mass is 9.82. The van der Waals surface area contributed by atoms with Crippen molar-refractivity contribution in [3.8, 4) is 22.3 Å². The van der Waals surface area contributed by atoms with Crippen LogP contribution in [0.2, 0.25) is 0 Å². The Balaban J connectivity index is 1.27. The molecule has 0 spiro atoms. The van der Waals surface area contributed by atoms with Crippen molar-refractivity contribution in [3.63, 3.8) is 0 Å². The molecule has 0 saturated carbocycles. The first-order valence-electron chi connectivity index (χ1n) is 16.5. The van der Waals surface area contributed by atoms with Crippen molar-refractivity contribution >= 4 is 55.2 Å². The summed E-state index contributed by atoms with van der Waals surface area (Å²) < 4.78 is 2.47. The zero-order valence-corrected chi connectivity index (χ0v) is 26.4. The van der Waals surface area contributed by atoms with E-state index in [1.165, 1.54) is 77.2 Å². The summed E-state index contributed by atoms with van der Waals surface area (Å²) in [5.74, 6) is 0. The van der Waals surface area contributed by atoms with Gasteiger partial charge in [0, 0.05) is 38.3 Å². The molecule has 47 heavy (non-hydrogen) atoms. The lowest BCUT2D eigenvalue weighted by Crippen LogP contribution is -2.15. The van der Waals surface area contributed by atoms with Crippen LogP contribution in [0.25, 0.3) is 60.3 Å². The van der Waals surface area contributed by atoms with E-state index in [0.29, 0.717) is 0 Å². The quantitative estimate of drug-likeness (QED) is 0.195. The number of rotatable bonds is 4. The van der Waals surface area contributed by atoms with Gasteiger partial charge in [0.2, 0.25) is 0 Å². The van der Waals surface area contributed by atoms with E-state index in [9.17, 15) is 0 Å². The minimum atomic E-state index is -0.0422. The van der Waals surface area contributed by atoms with Gasteiger partial charge in [-0.25, -0.2) is 0 Å². The van der Waals surface area contributed by atoms with Crippen LogP contribution in [0.15, 0.2) is 158 Å². The molecule has 1 aliphatic rings. The molecule has 0 saturated heterocycles. The summed E-state index contributed by atoms with van der Waals surface area (Å²) in [5, 5.41) is 5.13. The molecular weight excluding hydrogens is 569 g/mol. The van der Waals surface area contributed by atoms with Crippen LogP contribution in [-0.4, -0.2) is 4.40 Å². The van der Waals surface area contributed by atoms with Gasteiger partial charge in [-0.3, -0.25) is 0 Å². The minimum absolute atomic E-state index is 0.0422. The van der Waals surface area contributed by atoms with E-state index >= 15 is 0 Å². The number of anilines is 3. The van der Waals surface area contributed by atoms with Gasteiger partial charge in [0.15, 0.2) is 0 Å². The maximum Gasteiger partial charge on any atom is 0.0641 e. The first kappa shape index (κ1) is 26.4. The Morgan fingerprint density at radius 3 is 1.89 bits per heavy atom. The van der Waals surface area contributed by atoms with Crippen molar-refractivity contribution in [1.82, 2.24) is 4.40 Å². The third-order valence-electron chi connectivity index (χ3n) is 10.5. The summed E-state index contributed by atoms with van der Waals surface area (Å²) >= 11 is 0. The Morgan fingerprint density at radius 1 is 0.468 bits per heavy atom. The predicted octanol–water partition coefficient (Wildman–Crippen LogP) is 12.3. The van der Waals surface area contributed by atoms with E-state index in [-0.39, 0.29) is 5.41 Å². The molecule has 9 aromatic rings. The highest BCUT2D eigenvalue weighted by Crippen LogP contribution is 2.52. The summed E-state index contributed by atoms with van der Waals surface area (Å²) in [7, 11) is 0. The van der Waals surface area contributed by atoms with E-state index < -0.39 is 0 Å². The van der Waals surface area contributed by atoms with E-state index in [1.54, 1.807) is 0 Å². The molecule has 0 N–H and O–H groups in total. The van der Waals surface area contributed by atoms with Crippen LogP contribution in [0.5, 0.6) is 0 Å². The highest BCUT2D eigenvalue weighted by molar-refractivity contribution is 6.27. The smallest absolute Gasteiger partial charge is 0.0641 e. The molecule has 0 radical (unpaired) electrons. The molecule has 10 rings (SSSR count). The van der Waals surface area contributed by atoms with Crippen molar-refractivity contribution in [3.05, 3.63) is 169 Å². The van der Waals surface area contributed by atoms with Crippen LogP contribution in [0.1, 0.15) is 25.0 Å². The van der Waals surface area contributed by atoms with E-state index in [1.807, 2.05) is 0 Å². The summed E-state index contributed by atoms with van der Waals surface area (Å²) in [6, 6.07) is 58.1. The van der Waals surface area contributed by atoms with E-state index in [0.717, 1.165) is 11.4 Å². The molecule has 0 unspecified atom stereocenters. The van der Waals surface area contributed by atoms with Crippen LogP contribution in [-0.2, 0) is 5.41 Å². The van der Waals surface area contributed by atoms with Crippen molar-refractivity contribution in [2.24, 2.45) is 0 Å². The number of fused-ring (bicyclic) bond motifs is 9. The summed E-state index contributed by atoms with van der Waals surface area (Å²) in [5.41, 5.74) is 15.1. The number of para-hydroxylation sites is 2. The van der Waals surface area contributed by atoms with Crippen LogP contribution in [0.3, 0.4) is 0 Å². The van der Waals surface area contributed by atoms with Crippen LogP contribution in [0.4, 0.5) is 17.1 Å². The van der Waals surface area contributed by atoms with Gasteiger partial charge < -0.3 is 9.30 Å². The zero-order valence-electron chi connectivity index (χ0n) is 26.4. The molecule has 2 heteroatoms. The van der Waals surface area contributed by atoms with Gasteiger partial charge in [-0.2, -0.15) is 0 Å². The highest BCUT2D eigenvalue weighted by Gasteiger charge is 2.35. The lowest BCUT2D eigenvalue weighted by Gasteiger charge is -2.28. The number of hydrogen-bond donors (Lipinski definition) is 0. The van der Waals surface area contributed by atoms with E-state index in [2.05, 4.69) is 181 Å². The Kier molecular flexibility index (Phi) is 5.37. The van der Waals surface area contributed by atoms with Gasteiger partial charge in [-0.1, -0.05) is 129 Å². The molecule has 2 aromatic heterocycles. The first-order chi connectivity index (χ1) is 23.1. The number of benzene rings is 7. The van der Waals surface area contributed by atoms with Gasteiger partial charge in [0.25, 0.3) is 0 Å². The Labute approximate surface area is 274 Å². The molecule has 2 heterocycles. The summed E-state index contributed by atoms with van der Waals surface area (Å²) in [4.78, 5) is 2.47. The molecule has 7 aromatic carbocycles. The maximum absolute atomic E-state index is 2.47. The van der Waals surface area contributed by atoms with Crippen molar-refractivity contribution in [1.29, 1.82) is 0 Å². The summed E-state index contributed by atoms with van der Waals surface area (Å²) in [6.07, 6.45) is 0. The maximum atomic E-state index is 2.47. The zero-order chi connectivity index (χ0) is 31.3. The van der Waals surface area contributed by atoms with Gasteiger partial charge in [-0.15, -0.1) is 0 Å². The topological polar surface area (TPSA) is 7.65 Å². The Hall–Kier alpha value is -5.86. The molecule has 1 aliphatic carbocycles. The summed E-state index contributed by atoms with van der Waals surface area (Å²) in [6.45, 7) is 4.70. The average molecular weight is 601 g/mol. The van der Waals surface area contributed by atoms with Crippen molar-refractivity contribution in [2.45, 2.75) is 19.3 Å². The van der Waals surface area contributed by atoms with Crippen LogP contribution >= 0.6 is 0 Å². The third kappa shape index (κ3) is 3.61. The monoisotopic (exact) mass is 600 g/mol. The predicted molar refractivity (Wildman–Crippen MR) is 199 cm³/mol. The molecule has 2 nitrogen and oxygen atoms in total. The Morgan fingerprint density at radius 2 is 1.09 bits per heavy atom. The normalized spacial score (nSPS) is 13.5. The highest BCUT2D eigenvalue weighted by atomic mass is 15.1. The molecule has 0 atom stereocenters. The third-order valence-corrected chi connectivity index (χ3v) is 10.5. The number of hydrogen-bond acceptors (Lipinski definition) is 1. The second-order valence-corrected chi connectivity index (χ2v) is 13.4. The molecular formula is C45H32N2. The van der Waals surface area contributed by atoms with Crippen molar-refractivity contribution < 1.29 is 0 Å². The molecule has 222 valence electrons. The van der Waals surface area contributed by atoms with E-state index in [4.69, 9.17) is 0 Å². The lowest BCUT2D eigenvalue weighted by molar-refractivity contribution is 0.660.